The Morgan fingerprint density at radius 3 is 2.54 bits per heavy atom. The smallest absolute Gasteiger partial charge is 0.255 e. The highest BCUT2D eigenvalue weighted by Gasteiger charge is 2.10. The van der Waals surface area contributed by atoms with Crippen molar-refractivity contribution in [2.75, 3.05) is 5.32 Å². The first kappa shape index (κ1) is 17.6. The van der Waals surface area contributed by atoms with Crippen LogP contribution < -0.4 is 10.6 Å². The first-order valence-corrected chi connectivity index (χ1v) is 8.42. The first-order valence-electron chi connectivity index (χ1n) is 8.42. The molecule has 0 radical (unpaired) electrons. The molecule has 0 bridgehead atoms. The minimum atomic E-state index is -0.214. The Balaban J connectivity index is 1.71. The number of benzene rings is 1. The van der Waals surface area contributed by atoms with Crippen LogP contribution in [0.1, 0.15) is 42.7 Å². The highest BCUT2D eigenvalue weighted by Crippen LogP contribution is 2.19. The van der Waals surface area contributed by atoms with Crippen LogP contribution in [0.4, 0.5) is 5.69 Å². The molecule has 0 aliphatic rings. The van der Waals surface area contributed by atoms with E-state index < -0.39 is 0 Å². The van der Waals surface area contributed by atoms with Gasteiger partial charge in [0.15, 0.2) is 5.65 Å². The fraction of sp³-hybridized carbons (Fsp3) is 0.263. The van der Waals surface area contributed by atoms with Gasteiger partial charge in [0.1, 0.15) is 0 Å². The van der Waals surface area contributed by atoms with Gasteiger partial charge in [-0.25, -0.2) is 9.67 Å². The van der Waals surface area contributed by atoms with E-state index in [9.17, 15) is 9.59 Å². The van der Waals surface area contributed by atoms with E-state index in [2.05, 4.69) is 20.7 Å². The summed E-state index contributed by atoms with van der Waals surface area (Å²) in [7, 11) is 0. The van der Waals surface area contributed by atoms with Crippen LogP contribution in [0.3, 0.4) is 0 Å². The molecule has 0 aliphatic heterocycles. The van der Waals surface area contributed by atoms with Gasteiger partial charge in [-0.15, -0.1) is 0 Å². The summed E-state index contributed by atoms with van der Waals surface area (Å²) >= 11 is 0. The van der Waals surface area contributed by atoms with Gasteiger partial charge < -0.3 is 10.6 Å². The van der Waals surface area contributed by atoms with Crippen molar-refractivity contribution in [3.63, 3.8) is 0 Å². The normalized spacial score (nSPS) is 10.9. The van der Waals surface area contributed by atoms with Crippen molar-refractivity contribution >= 4 is 28.5 Å². The Kier molecular flexibility index (Phi) is 4.97. The predicted molar refractivity (Wildman–Crippen MR) is 99.8 cm³/mol. The van der Waals surface area contributed by atoms with E-state index in [4.69, 9.17) is 0 Å². The van der Waals surface area contributed by atoms with Gasteiger partial charge in [-0.2, -0.15) is 5.10 Å². The summed E-state index contributed by atoms with van der Waals surface area (Å²) in [5.74, 6) is -0.302. The van der Waals surface area contributed by atoms with Gasteiger partial charge in [0, 0.05) is 30.5 Å². The third-order valence-electron chi connectivity index (χ3n) is 3.94. The SMILES string of the molecule is CC(=O)NCc1ccc(C(=O)Nc2cnc3c(cnn3C(C)C)c2)cc1. The topological polar surface area (TPSA) is 88.9 Å². The quantitative estimate of drug-likeness (QED) is 0.740. The maximum absolute atomic E-state index is 12.4. The van der Waals surface area contributed by atoms with Crippen LogP contribution in [0.25, 0.3) is 11.0 Å². The van der Waals surface area contributed by atoms with E-state index in [1.54, 1.807) is 24.5 Å². The van der Waals surface area contributed by atoms with E-state index in [0.717, 1.165) is 16.6 Å². The number of fused-ring (bicyclic) bond motifs is 1. The van der Waals surface area contributed by atoms with E-state index >= 15 is 0 Å². The van der Waals surface area contributed by atoms with Gasteiger partial charge in [-0.3, -0.25) is 9.59 Å². The number of nitrogens with zero attached hydrogens (tertiary/aromatic N) is 3. The first-order chi connectivity index (χ1) is 12.4. The number of pyridine rings is 1. The lowest BCUT2D eigenvalue weighted by Crippen LogP contribution is -2.19. The molecule has 0 aliphatic carbocycles. The van der Waals surface area contributed by atoms with E-state index in [0.29, 0.717) is 17.8 Å². The summed E-state index contributed by atoms with van der Waals surface area (Å²) in [5.41, 5.74) is 2.88. The Morgan fingerprint density at radius 1 is 1.15 bits per heavy atom. The molecule has 2 heterocycles. The molecule has 26 heavy (non-hydrogen) atoms. The second-order valence-electron chi connectivity index (χ2n) is 6.38. The average molecular weight is 351 g/mol. The van der Waals surface area contributed by atoms with Gasteiger partial charge in [0.25, 0.3) is 5.91 Å². The fourth-order valence-corrected chi connectivity index (χ4v) is 2.59. The van der Waals surface area contributed by atoms with Crippen molar-refractivity contribution in [3.8, 4) is 0 Å². The lowest BCUT2D eigenvalue weighted by Gasteiger charge is -2.08. The molecule has 7 nitrogen and oxygen atoms in total. The van der Waals surface area contributed by atoms with Crippen LogP contribution in [0.5, 0.6) is 0 Å². The Bertz CT molecular complexity index is 944. The molecular formula is C19H21N5O2. The number of rotatable bonds is 5. The summed E-state index contributed by atoms with van der Waals surface area (Å²) in [4.78, 5) is 27.8. The molecule has 2 aromatic heterocycles. The largest absolute Gasteiger partial charge is 0.352 e. The molecule has 1 aromatic carbocycles. The van der Waals surface area contributed by atoms with Crippen LogP contribution in [0.15, 0.2) is 42.7 Å². The van der Waals surface area contributed by atoms with Crippen LogP contribution >= 0.6 is 0 Å². The Morgan fingerprint density at radius 2 is 1.88 bits per heavy atom. The zero-order chi connectivity index (χ0) is 18.7. The summed E-state index contributed by atoms with van der Waals surface area (Å²) in [6.45, 7) is 5.99. The minimum Gasteiger partial charge on any atom is -0.352 e. The third kappa shape index (κ3) is 3.88. The highest BCUT2D eigenvalue weighted by molar-refractivity contribution is 6.04. The van der Waals surface area contributed by atoms with Crippen LogP contribution in [0, 0.1) is 0 Å². The lowest BCUT2D eigenvalue weighted by atomic mass is 10.1. The number of carbonyl (C=O) groups is 2. The third-order valence-corrected chi connectivity index (χ3v) is 3.94. The van der Waals surface area contributed by atoms with Gasteiger partial charge >= 0.3 is 0 Å². The number of hydrogen-bond donors (Lipinski definition) is 2. The van der Waals surface area contributed by atoms with Crippen molar-refractivity contribution in [2.45, 2.75) is 33.4 Å². The van der Waals surface area contributed by atoms with Gasteiger partial charge in [-0.05, 0) is 37.6 Å². The second-order valence-corrected chi connectivity index (χ2v) is 6.38. The van der Waals surface area contributed by atoms with Gasteiger partial charge in [0.2, 0.25) is 5.91 Å². The molecule has 2 amide bonds. The summed E-state index contributed by atoms with van der Waals surface area (Å²) in [6, 6.07) is 9.18. The number of nitrogens with one attached hydrogen (secondary N) is 2. The monoisotopic (exact) mass is 351 g/mol. The van der Waals surface area contributed by atoms with Crippen molar-refractivity contribution in [1.82, 2.24) is 20.1 Å². The Hall–Kier alpha value is -3.22. The van der Waals surface area contributed by atoms with E-state index in [1.165, 1.54) is 6.92 Å². The standard InChI is InChI=1S/C19H21N5O2/c1-12(2)24-18-16(10-22-24)8-17(11-21-18)23-19(26)15-6-4-14(5-7-15)9-20-13(3)25/h4-8,10-12H,9H2,1-3H3,(H,20,25)(H,23,26). The summed E-state index contributed by atoms with van der Waals surface area (Å²) in [6.07, 6.45) is 3.38. The molecule has 2 N–H and O–H groups in total. The fourth-order valence-electron chi connectivity index (χ4n) is 2.59. The number of aromatic nitrogens is 3. The zero-order valence-electron chi connectivity index (χ0n) is 15.0. The van der Waals surface area contributed by atoms with Crippen molar-refractivity contribution in [1.29, 1.82) is 0 Å². The number of hydrogen-bond acceptors (Lipinski definition) is 4. The van der Waals surface area contributed by atoms with Crippen LogP contribution in [0.2, 0.25) is 0 Å². The minimum absolute atomic E-state index is 0.0875. The number of carbonyl (C=O) groups excluding carboxylic acids is 2. The van der Waals surface area contributed by atoms with Crippen molar-refractivity contribution in [3.05, 3.63) is 53.9 Å². The predicted octanol–water partition coefficient (Wildman–Crippen LogP) is 2.90. The van der Waals surface area contributed by atoms with Gasteiger partial charge in [0.05, 0.1) is 18.1 Å². The second kappa shape index (κ2) is 7.35. The van der Waals surface area contributed by atoms with Crippen LogP contribution in [-0.2, 0) is 11.3 Å². The molecule has 7 heteroatoms. The maximum atomic E-state index is 12.4. The van der Waals surface area contributed by atoms with Gasteiger partial charge in [-0.1, -0.05) is 12.1 Å². The van der Waals surface area contributed by atoms with E-state index in [1.807, 2.05) is 36.7 Å². The molecule has 134 valence electrons. The summed E-state index contributed by atoms with van der Waals surface area (Å²) in [5, 5.41) is 10.8. The Labute approximate surface area is 151 Å². The lowest BCUT2D eigenvalue weighted by molar-refractivity contribution is -0.119. The van der Waals surface area contributed by atoms with Crippen LogP contribution in [-0.4, -0.2) is 26.6 Å². The van der Waals surface area contributed by atoms with E-state index in [-0.39, 0.29) is 17.9 Å². The molecule has 0 spiro atoms. The molecule has 0 unspecified atom stereocenters. The highest BCUT2D eigenvalue weighted by atomic mass is 16.2. The van der Waals surface area contributed by atoms with Crippen molar-refractivity contribution in [2.24, 2.45) is 0 Å². The molecule has 0 atom stereocenters. The molecule has 0 fully saturated rings. The molecular weight excluding hydrogens is 330 g/mol. The molecule has 0 saturated carbocycles. The zero-order valence-corrected chi connectivity index (χ0v) is 15.0. The summed E-state index contributed by atoms with van der Waals surface area (Å²) < 4.78 is 1.84. The average Bonchev–Trinajstić information content (AvgIpc) is 3.03. The molecule has 3 rings (SSSR count). The maximum Gasteiger partial charge on any atom is 0.255 e. The number of amides is 2. The molecule has 0 saturated heterocycles. The van der Waals surface area contributed by atoms with Crippen molar-refractivity contribution < 1.29 is 9.59 Å². The molecule has 3 aromatic rings. The number of anilines is 1.